The van der Waals surface area contributed by atoms with E-state index in [0.29, 0.717) is 6.04 Å². The molecule has 0 radical (unpaired) electrons. The van der Waals surface area contributed by atoms with Gasteiger partial charge in [0.25, 0.3) is 0 Å². The van der Waals surface area contributed by atoms with Crippen LogP contribution in [0.15, 0.2) is 0 Å². The molecule has 14 heavy (non-hydrogen) atoms. The van der Waals surface area contributed by atoms with E-state index in [1.54, 1.807) is 0 Å². The fourth-order valence-corrected chi connectivity index (χ4v) is 2.16. The van der Waals surface area contributed by atoms with Crippen molar-refractivity contribution in [1.29, 1.82) is 0 Å². The van der Waals surface area contributed by atoms with Gasteiger partial charge in [0.1, 0.15) is 0 Å². The van der Waals surface area contributed by atoms with Crippen LogP contribution in [0.4, 0.5) is 0 Å². The van der Waals surface area contributed by atoms with Crippen LogP contribution in [0.25, 0.3) is 0 Å². The zero-order valence-corrected chi connectivity index (χ0v) is 8.58. The minimum absolute atomic E-state index is 0.0654. The molecular weight excluding hydrogens is 180 g/mol. The van der Waals surface area contributed by atoms with Gasteiger partial charge in [-0.15, -0.1) is 0 Å². The minimum Gasteiger partial charge on any atom is -0.378 e. The third-order valence-corrected chi connectivity index (χ3v) is 3.12. The summed E-state index contributed by atoms with van der Waals surface area (Å²) < 4.78 is 5.37. The van der Waals surface area contributed by atoms with Crippen LogP contribution in [-0.2, 0) is 9.53 Å². The van der Waals surface area contributed by atoms with Crippen LogP contribution in [0, 0.1) is 5.92 Å². The summed E-state index contributed by atoms with van der Waals surface area (Å²) in [6, 6.07) is 0.329. The smallest absolute Gasteiger partial charge is 0.226 e. The molecule has 0 aromatic heterocycles. The maximum absolute atomic E-state index is 11.8. The third kappa shape index (κ3) is 2.07. The first-order valence-corrected chi connectivity index (χ1v) is 5.40. The summed E-state index contributed by atoms with van der Waals surface area (Å²) in [5.41, 5.74) is 0. The standard InChI is InChI=1S/C10H18N2O2/c1-7-9(3-5-14-7)10(13)12-8-2-4-11-6-8/h7-9,11H,2-6H2,1H3,(H,12,13)/t7?,8-,9?/m1/s1. The number of hydrogen-bond donors (Lipinski definition) is 2. The van der Waals surface area contributed by atoms with Gasteiger partial charge in [-0.3, -0.25) is 4.79 Å². The van der Waals surface area contributed by atoms with E-state index >= 15 is 0 Å². The lowest BCUT2D eigenvalue weighted by atomic mass is 10.0. The lowest BCUT2D eigenvalue weighted by Crippen LogP contribution is -2.41. The number of hydrogen-bond acceptors (Lipinski definition) is 3. The van der Waals surface area contributed by atoms with Crippen molar-refractivity contribution in [3.05, 3.63) is 0 Å². The lowest BCUT2D eigenvalue weighted by molar-refractivity contribution is -0.126. The van der Waals surface area contributed by atoms with Crippen molar-refractivity contribution in [3.63, 3.8) is 0 Å². The molecule has 2 heterocycles. The Morgan fingerprint density at radius 1 is 1.50 bits per heavy atom. The van der Waals surface area contributed by atoms with E-state index in [1.807, 2.05) is 6.92 Å². The molecule has 0 saturated carbocycles. The van der Waals surface area contributed by atoms with Crippen molar-refractivity contribution in [2.24, 2.45) is 5.92 Å². The molecule has 2 aliphatic rings. The molecule has 2 aliphatic heterocycles. The third-order valence-electron chi connectivity index (χ3n) is 3.12. The highest BCUT2D eigenvalue weighted by Gasteiger charge is 2.32. The average Bonchev–Trinajstić information content (AvgIpc) is 2.75. The van der Waals surface area contributed by atoms with Crippen molar-refractivity contribution in [2.75, 3.05) is 19.7 Å². The molecule has 1 amide bonds. The van der Waals surface area contributed by atoms with Crippen molar-refractivity contribution in [2.45, 2.75) is 31.9 Å². The van der Waals surface area contributed by atoms with E-state index in [2.05, 4.69) is 10.6 Å². The van der Waals surface area contributed by atoms with Gasteiger partial charge in [-0.2, -0.15) is 0 Å². The van der Waals surface area contributed by atoms with E-state index < -0.39 is 0 Å². The van der Waals surface area contributed by atoms with Gasteiger partial charge in [-0.25, -0.2) is 0 Å². The van der Waals surface area contributed by atoms with Gasteiger partial charge >= 0.3 is 0 Å². The Labute approximate surface area is 84.4 Å². The summed E-state index contributed by atoms with van der Waals surface area (Å²) in [5, 5.41) is 6.30. The van der Waals surface area contributed by atoms with E-state index in [4.69, 9.17) is 4.74 Å². The molecule has 2 rings (SSSR count). The number of rotatable bonds is 2. The van der Waals surface area contributed by atoms with E-state index in [0.717, 1.165) is 32.5 Å². The van der Waals surface area contributed by atoms with Crippen molar-refractivity contribution in [1.82, 2.24) is 10.6 Å². The Morgan fingerprint density at radius 2 is 2.36 bits per heavy atom. The van der Waals surface area contributed by atoms with Gasteiger partial charge in [0, 0.05) is 19.2 Å². The van der Waals surface area contributed by atoms with Crippen molar-refractivity contribution >= 4 is 5.91 Å². The monoisotopic (exact) mass is 198 g/mol. The summed E-state index contributed by atoms with van der Waals surface area (Å²) in [4.78, 5) is 11.8. The summed E-state index contributed by atoms with van der Waals surface area (Å²) in [6.07, 6.45) is 2.00. The molecule has 4 nitrogen and oxygen atoms in total. The van der Waals surface area contributed by atoms with E-state index in [9.17, 15) is 4.79 Å². The summed E-state index contributed by atoms with van der Waals surface area (Å²) >= 11 is 0. The Bertz CT molecular complexity index is 214. The molecule has 2 N–H and O–H groups in total. The van der Waals surface area contributed by atoms with Crippen LogP contribution >= 0.6 is 0 Å². The number of amides is 1. The quantitative estimate of drug-likeness (QED) is 0.651. The Balaban J connectivity index is 1.82. The van der Waals surface area contributed by atoms with Gasteiger partial charge in [-0.1, -0.05) is 0 Å². The topological polar surface area (TPSA) is 50.4 Å². The maximum atomic E-state index is 11.8. The van der Waals surface area contributed by atoms with Crippen LogP contribution in [0.3, 0.4) is 0 Å². The molecular formula is C10H18N2O2. The highest BCUT2D eigenvalue weighted by molar-refractivity contribution is 5.79. The molecule has 0 spiro atoms. The molecule has 0 aromatic carbocycles. The Kier molecular flexibility index (Phi) is 3.03. The molecule has 0 bridgehead atoms. The molecule has 0 aromatic rings. The summed E-state index contributed by atoms with van der Waals surface area (Å²) in [6.45, 7) is 4.63. The van der Waals surface area contributed by atoms with Crippen LogP contribution in [0.5, 0.6) is 0 Å². The molecule has 0 aliphatic carbocycles. The lowest BCUT2D eigenvalue weighted by Gasteiger charge is -2.17. The van der Waals surface area contributed by atoms with Crippen LogP contribution in [0.1, 0.15) is 19.8 Å². The predicted octanol–water partition coefficient (Wildman–Crippen LogP) is -0.110. The number of nitrogens with one attached hydrogen (secondary N) is 2. The second-order valence-electron chi connectivity index (χ2n) is 4.17. The number of carbonyl (C=O) groups excluding carboxylic acids is 1. The number of ether oxygens (including phenoxy) is 1. The van der Waals surface area contributed by atoms with Crippen molar-refractivity contribution in [3.8, 4) is 0 Å². The van der Waals surface area contributed by atoms with Crippen molar-refractivity contribution < 1.29 is 9.53 Å². The molecule has 2 unspecified atom stereocenters. The molecule has 3 atom stereocenters. The summed E-state index contributed by atoms with van der Waals surface area (Å²) in [5.74, 6) is 0.235. The Hall–Kier alpha value is -0.610. The molecule has 2 saturated heterocycles. The minimum atomic E-state index is 0.0654. The van der Waals surface area contributed by atoms with Crippen LogP contribution < -0.4 is 10.6 Å². The first-order valence-electron chi connectivity index (χ1n) is 5.40. The van der Waals surface area contributed by atoms with E-state index in [-0.39, 0.29) is 17.9 Å². The predicted molar refractivity (Wildman–Crippen MR) is 52.9 cm³/mol. The highest BCUT2D eigenvalue weighted by atomic mass is 16.5. The van der Waals surface area contributed by atoms with Gasteiger partial charge in [0.15, 0.2) is 0 Å². The van der Waals surface area contributed by atoms with E-state index in [1.165, 1.54) is 0 Å². The van der Waals surface area contributed by atoms with Gasteiger partial charge in [-0.05, 0) is 26.3 Å². The SMILES string of the molecule is CC1OCCC1C(=O)N[C@@H]1CCNC1. The fourth-order valence-electron chi connectivity index (χ4n) is 2.16. The normalized spacial score (nSPS) is 37.4. The Morgan fingerprint density at radius 3 is 2.93 bits per heavy atom. The zero-order chi connectivity index (χ0) is 9.97. The molecule has 80 valence electrons. The maximum Gasteiger partial charge on any atom is 0.226 e. The van der Waals surface area contributed by atoms with Gasteiger partial charge < -0.3 is 15.4 Å². The first kappa shape index (κ1) is 9.93. The van der Waals surface area contributed by atoms with Gasteiger partial charge in [0.2, 0.25) is 5.91 Å². The fraction of sp³-hybridized carbons (Fsp3) is 0.900. The zero-order valence-electron chi connectivity index (χ0n) is 8.58. The summed E-state index contributed by atoms with van der Waals surface area (Å²) in [7, 11) is 0. The average molecular weight is 198 g/mol. The first-order chi connectivity index (χ1) is 6.77. The number of carbonyl (C=O) groups is 1. The second-order valence-corrected chi connectivity index (χ2v) is 4.17. The largest absolute Gasteiger partial charge is 0.378 e. The second kappa shape index (κ2) is 4.28. The molecule has 4 heteroatoms. The molecule has 2 fully saturated rings. The van der Waals surface area contributed by atoms with Crippen LogP contribution in [-0.4, -0.2) is 37.7 Å². The van der Waals surface area contributed by atoms with Crippen LogP contribution in [0.2, 0.25) is 0 Å². The van der Waals surface area contributed by atoms with Gasteiger partial charge in [0.05, 0.1) is 12.0 Å². The highest BCUT2D eigenvalue weighted by Crippen LogP contribution is 2.20.